The van der Waals surface area contributed by atoms with Crippen LogP contribution in [-0.4, -0.2) is 25.2 Å². The molecule has 1 aromatic heterocycles. The van der Waals surface area contributed by atoms with E-state index < -0.39 is 18.1 Å². The van der Waals surface area contributed by atoms with Crippen LogP contribution < -0.4 is 5.32 Å². The second-order valence-electron chi connectivity index (χ2n) is 4.36. The van der Waals surface area contributed by atoms with Crippen molar-refractivity contribution >= 4 is 28.2 Å². The molecule has 1 aromatic rings. The topological polar surface area (TPSA) is 55.4 Å². The van der Waals surface area contributed by atoms with Gasteiger partial charge in [-0.15, -0.1) is 11.3 Å². The number of fused-ring (bicyclic) bond motifs is 1. The van der Waals surface area contributed by atoms with Crippen molar-refractivity contribution in [3.63, 3.8) is 0 Å². The molecule has 0 radical (unpaired) electrons. The van der Waals surface area contributed by atoms with Gasteiger partial charge in [0.25, 0.3) is 0 Å². The van der Waals surface area contributed by atoms with Crippen molar-refractivity contribution in [2.75, 3.05) is 12.4 Å². The molecular weight excluding hydrogens is 295 g/mol. The van der Waals surface area contributed by atoms with Gasteiger partial charge >= 0.3 is 18.1 Å². The van der Waals surface area contributed by atoms with Crippen LogP contribution in [0, 0.1) is 0 Å². The average Bonchev–Trinajstić information content (AvgIpc) is 2.74. The van der Waals surface area contributed by atoms with E-state index >= 15 is 0 Å². The van der Waals surface area contributed by atoms with E-state index in [4.69, 9.17) is 0 Å². The molecule has 1 N–H and O–H groups in total. The van der Waals surface area contributed by atoms with Gasteiger partial charge in [-0.1, -0.05) is 0 Å². The van der Waals surface area contributed by atoms with Crippen LogP contribution >= 0.6 is 11.3 Å². The summed E-state index contributed by atoms with van der Waals surface area (Å²) in [6.07, 6.45) is -1.90. The highest BCUT2D eigenvalue weighted by molar-refractivity contribution is 7.17. The number of alkyl halides is 3. The number of rotatable bonds is 2. The number of anilines is 1. The SMILES string of the molecule is COC(=O)c1c(NC(=O)C(F)(F)F)sc2c1CCCC2. The van der Waals surface area contributed by atoms with Gasteiger partial charge in [-0.05, 0) is 31.2 Å². The Labute approximate surface area is 116 Å². The number of amides is 1. The highest BCUT2D eigenvalue weighted by Crippen LogP contribution is 2.39. The van der Waals surface area contributed by atoms with E-state index in [1.165, 1.54) is 0 Å². The van der Waals surface area contributed by atoms with Gasteiger partial charge in [-0.3, -0.25) is 4.79 Å². The summed E-state index contributed by atoms with van der Waals surface area (Å²) >= 11 is 1.02. The van der Waals surface area contributed by atoms with Gasteiger partial charge in [0.15, 0.2) is 0 Å². The Balaban J connectivity index is 2.39. The summed E-state index contributed by atoms with van der Waals surface area (Å²) in [5, 5.41) is 1.70. The van der Waals surface area contributed by atoms with Crippen molar-refractivity contribution in [1.82, 2.24) is 0 Å². The van der Waals surface area contributed by atoms with E-state index in [1.54, 1.807) is 5.32 Å². The summed E-state index contributed by atoms with van der Waals surface area (Å²) in [4.78, 5) is 23.6. The fourth-order valence-electron chi connectivity index (χ4n) is 2.15. The Kier molecular flexibility index (Phi) is 4.03. The molecule has 0 aromatic carbocycles. The standard InChI is InChI=1S/C12H12F3NO3S/c1-19-10(17)8-6-4-2-3-5-7(6)20-9(8)16-11(18)12(13,14)15/h2-5H2,1H3,(H,16,18). The van der Waals surface area contributed by atoms with Crippen molar-refractivity contribution in [3.8, 4) is 0 Å². The fraction of sp³-hybridized carbons (Fsp3) is 0.500. The molecule has 0 saturated carbocycles. The molecule has 110 valence electrons. The summed E-state index contributed by atoms with van der Waals surface area (Å²) in [5.74, 6) is -2.80. The zero-order valence-corrected chi connectivity index (χ0v) is 11.4. The molecule has 0 spiro atoms. The van der Waals surface area contributed by atoms with Gasteiger partial charge in [0.1, 0.15) is 5.00 Å². The van der Waals surface area contributed by atoms with Crippen molar-refractivity contribution in [2.45, 2.75) is 31.9 Å². The van der Waals surface area contributed by atoms with Gasteiger partial charge in [-0.2, -0.15) is 13.2 Å². The molecule has 2 rings (SSSR count). The molecule has 1 aliphatic rings. The second-order valence-corrected chi connectivity index (χ2v) is 5.46. The lowest BCUT2D eigenvalue weighted by atomic mass is 9.95. The average molecular weight is 307 g/mol. The van der Waals surface area contributed by atoms with Crippen molar-refractivity contribution in [2.24, 2.45) is 0 Å². The first kappa shape index (κ1) is 14.8. The van der Waals surface area contributed by atoms with E-state index in [0.717, 1.165) is 36.2 Å². The number of halogens is 3. The number of carbonyl (C=O) groups is 2. The minimum atomic E-state index is -4.99. The molecule has 1 heterocycles. The maximum absolute atomic E-state index is 12.3. The number of ether oxygens (including phenoxy) is 1. The number of carbonyl (C=O) groups excluding carboxylic acids is 2. The van der Waals surface area contributed by atoms with E-state index in [9.17, 15) is 22.8 Å². The normalized spacial score (nSPS) is 14.6. The van der Waals surface area contributed by atoms with Crippen LogP contribution in [0.5, 0.6) is 0 Å². The molecule has 0 saturated heterocycles. The monoisotopic (exact) mass is 307 g/mol. The highest BCUT2D eigenvalue weighted by atomic mass is 32.1. The summed E-state index contributed by atoms with van der Waals surface area (Å²) in [5.41, 5.74) is 0.760. The fourth-order valence-corrected chi connectivity index (χ4v) is 3.42. The van der Waals surface area contributed by atoms with Crippen LogP contribution in [0.4, 0.5) is 18.2 Å². The van der Waals surface area contributed by atoms with Gasteiger partial charge in [0, 0.05) is 4.88 Å². The smallest absolute Gasteiger partial charge is 0.465 e. The van der Waals surface area contributed by atoms with Crippen LogP contribution in [0.25, 0.3) is 0 Å². The minimum absolute atomic E-state index is 0.0600. The maximum Gasteiger partial charge on any atom is 0.471 e. The molecular formula is C12H12F3NO3S. The summed E-state index contributed by atoms with van der Waals surface area (Å²) in [7, 11) is 1.16. The van der Waals surface area contributed by atoms with Crippen LogP contribution in [0.2, 0.25) is 0 Å². The van der Waals surface area contributed by atoms with Gasteiger partial charge in [0.05, 0.1) is 12.7 Å². The zero-order valence-electron chi connectivity index (χ0n) is 10.6. The molecule has 0 aliphatic heterocycles. The van der Waals surface area contributed by atoms with Crippen molar-refractivity contribution < 1.29 is 27.5 Å². The number of methoxy groups -OCH3 is 1. The molecule has 0 atom stereocenters. The number of aryl methyl sites for hydroxylation is 1. The molecule has 4 nitrogen and oxygen atoms in total. The predicted octanol–water partition coefficient (Wildman–Crippen LogP) is 2.91. The Morgan fingerprint density at radius 1 is 1.25 bits per heavy atom. The first-order valence-corrected chi connectivity index (χ1v) is 6.77. The summed E-state index contributed by atoms with van der Waals surface area (Å²) < 4.78 is 41.5. The van der Waals surface area contributed by atoms with Crippen LogP contribution in [0.15, 0.2) is 0 Å². The first-order valence-electron chi connectivity index (χ1n) is 5.95. The number of nitrogens with one attached hydrogen (secondary N) is 1. The Bertz CT molecular complexity index is 551. The number of esters is 1. The van der Waals surface area contributed by atoms with Crippen molar-refractivity contribution in [3.05, 3.63) is 16.0 Å². The largest absolute Gasteiger partial charge is 0.471 e. The van der Waals surface area contributed by atoms with E-state index in [0.29, 0.717) is 18.4 Å². The highest BCUT2D eigenvalue weighted by Gasteiger charge is 2.40. The van der Waals surface area contributed by atoms with Crippen molar-refractivity contribution in [1.29, 1.82) is 0 Å². The van der Waals surface area contributed by atoms with E-state index in [2.05, 4.69) is 4.74 Å². The lowest BCUT2D eigenvalue weighted by Crippen LogP contribution is -2.30. The van der Waals surface area contributed by atoms with Crippen LogP contribution in [0.1, 0.15) is 33.6 Å². The third-order valence-electron chi connectivity index (χ3n) is 3.05. The molecule has 0 unspecified atom stereocenters. The lowest BCUT2D eigenvalue weighted by molar-refractivity contribution is -0.167. The molecule has 1 amide bonds. The molecule has 0 bridgehead atoms. The second kappa shape index (κ2) is 5.43. The summed E-state index contributed by atoms with van der Waals surface area (Å²) in [6.45, 7) is 0. The zero-order chi connectivity index (χ0) is 14.9. The number of hydrogen-bond donors (Lipinski definition) is 1. The summed E-state index contributed by atoms with van der Waals surface area (Å²) in [6, 6.07) is 0. The number of hydrogen-bond acceptors (Lipinski definition) is 4. The molecule has 0 fully saturated rings. The van der Waals surface area contributed by atoms with Crippen LogP contribution in [-0.2, 0) is 22.4 Å². The third kappa shape index (κ3) is 2.79. The van der Waals surface area contributed by atoms with Crippen LogP contribution in [0.3, 0.4) is 0 Å². The van der Waals surface area contributed by atoms with E-state index in [1.807, 2.05) is 0 Å². The molecule has 20 heavy (non-hydrogen) atoms. The third-order valence-corrected chi connectivity index (χ3v) is 4.25. The Hall–Kier alpha value is -1.57. The first-order chi connectivity index (χ1) is 9.34. The Morgan fingerprint density at radius 3 is 2.50 bits per heavy atom. The minimum Gasteiger partial charge on any atom is -0.465 e. The van der Waals surface area contributed by atoms with E-state index in [-0.39, 0.29) is 10.6 Å². The Morgan fingerprint density at radius 2 is 1.90 bits per heavy atom. The van der Waals surface area contributed by atoms with Gasteiger partial charge in [-0.25, -0.2) is 4.79 Å². The quantitative estimate of drug-likeness (QED) is 0.855. The maximum atomic E-state index is 12.3. The number of thiophene rings is 1. The molecule has 1 aliphatic carbocycles. The molecule has 8 heteroatoms. The lowest BCUT2D eigenvalue weighted by Gasteiger charge is -2.12. The van der Waals surface area contributed by atoms with Gasteiger partial charge in [0.2, 0.25) is 0 Å². The predicted molar refractivity (Wildman–Crippen MR) is 67.0 cm³/mol. The van der Waals surface area contributed by atoms with Gasteiger partial charge < -0.3 is 10.1 Å².